The molecule has 0 saturated carbocycles. The largest absolute Gasteiger partial charge is 0.373 e. The summed E-state index contributed by atoms with van der Waals surface area (Å²) >= 11 is 0. The van der Waals surface area contributed by atoms with Gasteiger partial charge in [0.2, 0.25) is 5.91 Å². The number of amides is 1. The summed E-state index contributed by atoms with van der Waals surface area (Å²) in [5.41, 5.74) is 0.323. The molecular formula is C15H22N2O4S. The van der Waals surface area contributed by atoms with Crippen LogP contribution < -0.4 is 5.32 Å². The Bertz CT molecular complexity index is 635. The highest BCUT2D eigenvalue weighted by atomic mass is 32.2. The molecule has 1 saturated heterocycles. The number of carbonyl (C=O) groups is 1. The zero-order chi connectivity index (χ0) is 16.3. The maximum atomic E-state index is 12.2. The Hall–Kier alpha value is -1.44. The molecule has 0 spiro atoms. The Morgan fingerprint density at radius 1 is 1.27 bits per heavy atom. The number of nitrogens with one attached hydrogen (secondary N) is 1. The van der Waals surface area contributed by atoms with E-state index in [1.807, 2.05) is 18.7 Å². The minimum atomic E-state index is -3.38. The fraction of sp³-hybridized carbons (Fsp3) is 0.533. The number of nitrogens with zero attached hydrogens (tertiary/aromatic N) is 1. The van der Waals surface area contributed by atoms with Crippen molar-refractivity contribution in [2.75, 3.05) is 31.2 Å². The highest BCUT2D eigenvalue weighted by Gasteiger charge is 2.24. The second-order valence-electron chi connectivity index (χ2n) is 5.77. The van der Waals surface area contributed by atoms with E-state index >= 15 is 0 Å². The second kappa shape index (κ2) is 6.76. The van der Waals surface area contributed by atoms with Crippen LogP contribution in [0.25, 0.3) is 0 Å². The van der Waals surface area contributed by atoms with Gasteiger partial charge >= 0.3 is 0 Å². The van der Waals surface area contributed by atoms with Gasteiger partial charge in [-0.25, -0.2) is 8.42 Å². The monoisotopic (exact) mass is 326 g/mol. The first-order valence-electron chi connectivity index (χ1n) is 7.22. The molecule has 0 unspecified atom stereocenters. The van der Waals surface area contributed by atoms with E-state index in [-0.39, 0.29) is 29.6 Å². The molecule has 0 aromatic heterocycles. The van der Waals surface area contributed by atoms with Crippen LogP contribution in [-0.2, 0) is 19.4 Å². The first kappa shape index (κ1) is 16.9. The molecule has 1 aliphatic heterocycles. The third-order valence-electron chi connectivity index (χ3n) is 3.42. The first-order chi connectivity index (χ1) is 10.3. The Morgan fingerprint density at radius 2 is 1.86 bits per heavy atom. The lowest BCUT2D eigenvalue weighted by molar-refractivity contribution is -0.121. The Labute approximate surface area is 131 Å². The van der Waals surface area contributed by atoms with Gasteiger partial charge in [-0.05, 0) is 26.0 Å². The molecule has 1 aromatic rings. The van der Waals surface area contributed by atoms with Gasteiger partial charge < -0.3 is 10.1 Å². The van der Waals surface area contributed by atoms with E-state index in [0.29, 0.717) is 18.8 Å². The number of ether oxygens (including phenoxy) is 1. The minimum absolute atomic E-state index is 0.0832. The lowest BCUT2D eigenvalue weighted by Gasteiger charge is -2.34. The third kappa shape index (κ3) is 4.53. The quantitative estimate of drug-likeness (QED) is 0.898. The normalized spacial score (nSPS) is 23.2. The Kier molecular flexibility index (Phi) is 5.20. The SMILES string of the molecule is C[C@H]1CN(CC(=O)Nc2ccccc2S(C)(=O)=O)C[C@H](C)O1. The number of rotatable bonds is 4. The summed E-state index contributed by atoms with van der Waals surface area (Å²) in [6.45, 7) is 5.53. The molecule has 0 aliphatic carbocycles. The van der Waals surface area contributed by atoms with Crippen LogP contribution in [0.2, 0.25) is 0 Å². The van der Waals surface area contributed by atoms with Crippen LogP contribution >= 0.6 is 0 Å². The van der Waals surface area contributed by atoms with Crippen molar-refractivity contribution in [2.45, 2.75) is 31.0 Å². The van der Waals surface area contributed by atoms with E-state index in [1.54, 1.807) is 18.2 Å². The minimum Gasteiger partial charge on any atom is -0.373 e. The number of anilines is 1. The van der Waals surface area contributed by atoms with Crippen molar-refractivity contribution in [1.82, 2.24) is 4.90 Å². The molecule has 1 fully saturated rings. The Balaban J connectivity index is 2.04. The molecule has 7 heteroatoms. The number of morpholine rings is 1. The predicted octanol–water partition coefficient (Wildman–Crippen LogP) is 1.14. The number of para-hydroxylation sites is 1. The lowest BCUT2D eigenvalue weighted by Crippen LogP contribution is -2.48. The van der Waals surface area contributed by atoms with Crippen LogP contribution in [0.15, 0.2) is 29.2 Å². The van der Waals surface area contributed by atoms with Gasteiger partial charge in [-0.2, -0.15) is 0 Å². The molecule has 0 radical (unpaired) electrons. The average Bonchev–Trinajstić information content (AvgIpc) is 2.36. The van der Waals surface area contributed by atoms with Crippen molar-refractivity contribution in [3.63, 3.8) is 0 Å². The van der Waals surface area contributed by atoms with E-state index < -0.39 is 9.84 Å². The van der Waals surface area contributed by atoms with E-state index in [9.17, 15) is 13.2 Å². The molecule has 1 heterocycles. The fourth-order valence-electron chi connectivity index (χ4n) is 2.70. The summed E-state index contributed by atoms with van der Waals surface area (Å²) in [4.78, 5) is 14.3. The van der Waals surface area contributed by atoms with Gasteiger partial charge in [-0.1, -0.05) is 12.1 Å². The van der Waals surface area contributed by atoms with E-state index in [1.165, 1.54) is 6.07 Å². The number of sulfone groups is 1. The van der Waals surface area contributed by atoms with Crippen molar-refractivity contribution in [3.05, 3.63) is 24.3 Å². The number of benzene rings is 1. The summed E-state index contributed by atoms with van der Waals surface area (Å²) in [6, 6.07) is 6.42. The van der Waals surface area contributed by atoms with Gasteiger partial charge in [0, 0.05) is 19.3 Å². The molecule has 22 heavy (non-hydrogen) atoms. The summed E-state index contributed by atoms with van der Waals surface area (Å²) in [6.07, 6.45) is 1.29. The zero-order valence-corrected chi connectivity index (χ0v) is 13.9. The summed E-state index contributed by atoms with van der Waals surface area (Å²) < 4.78 is 29.1. The van der Waals surface area contributed by atoms with Crippen LogP contribution in [0.4, 0.5) is 5.69 Å². The maximum absolute atomic E-state index is 12.2. The van der Waals surface area contributed by atoms with Crippen LogP contribution in [0, 0.1) is 0 Å². The molecule has 2 atom stereocenters. The third-order valence-corrected chi connectivity index (χ3v) is 4.58. The van der Waals surface area contributed by atoms with Gasteiger partial charge in [0.05, 0.1) is 29.3 Å². The van der Waals surface area contributed by atoms with Crippen molar-refractivity contribution < 1.29 is 17.9 Å². The van der Waals surface area contributed by atoms with Gasteiger partial charge in [0.1, 0.15) is 0 Å². The van der Waals surface area contributed by atoms with E-state index in [4.69, 9.17) is 4.74 Å². The molecule has 1 aromatic carbocycles. The average molecular weight is 326 g/mol. The summed E-state index contributed by atoms with van der Waals surface area (Å²) in [5.74, 6) is -0.225. The van der Waals surface area contributed by atoms with Crippen molar-refractivity contribution in [3.8, 4) is 0 Å². The van der Waals surface area contributed by atoms with Crippen LogP contribution in [0.3, 0.4) is 0 Å². The second-order valence-corrected chi connectivity index (χ2v) is 7.75. The standard InChI is InChI=1S/C15H22N2O4S/c1-11-8-17(9-12(2)21-11)10-15(18)16-13-6-4-5-7-14(13)22(3,19)20/h4-7,11-12H,8-10H2,1-3H3,(H,16,18)/t11-,12-/m0/s1. The molecule has 6 nitrogen and oxygen atoms in total. The van der Waals surface area contributed by atoms with Gasteiger partial charge in [-0.3, -0.25) is 9.69 Å². The van der Waals surface area contributed by atoms with Gasteiger partial charge in [-0.15, -0.1) is 0 Å². The van der Waals surface area contributed by atoms with Crippen LogP contribution in [-0.4, -0.2) is 57.3 Å². The van der Waals surface area contributed by atoms with Crippen molar-refractivity contribution in [2.24, 2.45) is 0 Å². The molecule has 0 bridgehead atoms. The van der Waals surface area contributed by atoms with Gasteiger partial charge in [0.15, 0.2) is 9.84 Å². The number of carbonyl (C=O) groups excluding carboxylic acids is 1. The highest BCUT2D eigenvalue weighted by molar-refractivity contribution is 7.90. The van der Waals surface area contributed by atoms with E-state index in [2.05, 4.69) is 5.32 Å². The predicted molar refractivity (Wildman–Crippen MR) is 84.6 cm³/mol. The molecular weight excluding hydrogens is 304 g/mol. The Morgan fingerprint density at radius 3 is 2.45 bits per heavy atom. The van der Waals surface area contributed by atoms with Crippen LogP contribution in [0.5, 0.6) is 0 Å². The number of hydrogen-bond donors (Lipinski definition) is 1. The smallest absolute Gasteiger partial charge is 0.238 e. The lowest BCUT2D eigenvalue weighted by atomic mass is 10.2. The van der Waals surface area contributed by atoms with Gasteiger partial charge in [0.25, 0.3) is 0 Å². The first-order valence-corrected chi connectivity index (χ1v) is 9.11. The summed E-state index contributed by atoms with van der Waals surface area (Å²) in [7, 11) is -3.38. The van der Waals surface area contributed by atoms with Crippen LogP contribution in [0.1, 0.15) is 13.8 Å². The fourth-order valence-corrected chi connectivity index (χ4v) is 3.54. The molecule has 1 amide bonds. The highest BCUT2D eigenvalue weighted by Crippen LogP contribution is 2.20. The zero-order valence-electron chi connectivity index (χ0n) is 13.1. The maximum Gasteiger partial charge on any atom is 0.238 e. The molecule has 2 rings (SSSR count). The molecule has 122 valence electrons. The van der Waals surface area contributed by atoms with Crippen molar-refractivity contribution >= 4 is 21.4 Å². The molecule has 1 aliphatic rings. The number of hydrogen-bond acceptors (Lipinski definition) is 5. The molecule has 1 N–H and O–H groups in total. The summed E-state index contributed by atoms with van der Waals surface area (Å²) in [5, 5.41) is 2.69. The van der Waals surface area contributed by atoms with Crippen molar-refractivity contribution in [1.29, 1.82) is 0 Å². The topological polar surface area (TPSA) is 75.7 Å². The van der Waals surface area contributed by atoms with E-state index in [0.717, 1.165) is 6.26 Å².